The van der Waals surface area contributed by atoms with Crippen LogP contribution in [0.4, 0.5) is 17.1 Å². The lowest BCUT2D eigenvalue weighted by molar-refractivity contribution is 0.185. The molecule has 0 fully saturated rings. The topological polar surface area (TPSA) is 81.4 Å². The van der Waals surface area contributed by atoms with Gasteiger partial charge in [-0.05, 0) is 29.8 Å². The molecule has 0 spiro atoms. The van der Waals surface area contributed by atoms with Crippen molar-refractivity contribution in [3.8, 4) is 0 Å². The van der Waals surface area contributed by atoms with E-state index in [-0.39, 0.29) is 10.6 Å². The van der Waals surface area contributed by atoms with Crippen molar-refractivity contribution in [3.63, 3.8) is 0 Å². The van der Waals surface area contributed by atoms with Gasteiger partial charge in [-0.15, -0.1) is 0 Å². The summed E-state index contributed by atoms with van der Waals surface area (Å²) in [6.45, 7) is 0.508. The Morgan fingerprint density at radius 2 is 1.90 bits per heavy atom. The van der Waals surface area contributed by atoms with E-state index in [2.05, 4.69) is 5.32 Å². The normalized spacial score (nSPS) is 11.3. The quantitative estimate of drug-likeness (QED) is 0.830. The number of benzene rings is 2. The molecule has 0 radical (unpaired) electrons. The highest BCUT2D eigenvalue weighted by Crippen LogP contribution is 2.29. The van der Waals surface area contributed by atoms with Crippen molar-refractivity contribution < 1.29 is 13.2 Å². The van der Waals surface area contributed by atoms with Gasteiger partial charge in [0.1, 0.15) is 0 Å². The van der Waals surface area contributed by atoms with Gasteiger partial charge in [0, 0.05) is 19.1 Å². The Hall–Kier alpha value is -2.05. The Kier molecular flexibility index (Phi) is 4.50. The van der Waals surface area contributed by atoms with Crippen molar-refractivity contribution in [3.05, 3.63) is 48.0 Å². The smallest absolute Gasteiger partial charge is 0.177 e. The fourth-order valence-corrected chi connectivity index (χ4v) is 2.87. The molecule has 2 rings (SSSR count). The lowest BCUT2D eigenvalue weighted by Crippen LogP contribution is -2.05. The van der Waals surface area contributed by atoms with Crippen molar-refractivity contribution in [1.29, 1.82) is 0 Å². The molecule has 6 heteroatoms. The van der Waals surface area contributed by atoms with Gasteiger partial charge in [0.05, 0.1) is 22.9 Å². The predicted molar refractivity (Wildman–Crippen MR) is 84.4 cm³/mol. The maximum absolute atomic E-state index is 11.7. The molecule has 0 saturated carbocycles. The number of sulfone groups is 1. The molecule has 3 N–H and O–H groups in total. The standard InChI is InChI=1S/C15H18N2O3S/c1-20-10-11-5-3-6-12(9-11)17-13-7-4-8-14(15(13)16)21(2,18)19/h3-9,17H,10,16H2,1-2H3. The first kappa shape index (κ1) is 15.3. The largest absolute Gasteiger partial charge is 0.396 e. The molecule has 0 aliphatic carbocycles. The number of nitrogens with two attached hydrogens (primary N) is 1. The van der Waals surface area contributed by atoms with Gasteiger partial charge in [-0.3, -0.25) is 0 Å². The number of rotatable bonds is 5. The molecular formula is C15H18N2O3S. The zero-order valence-corrected chi connectivity index (χ0v) is 12.8. The van der Waals surface area contributed by atoms with Crippen molar-refractivity contribution >= 4 is 26.9 Å². The van der Waals surface area contributed by atoms with Gasteiger partial charge in [0.2, 0.25) is 0 Å². The van der Waals surface area contributed by atoms with E-state index in [1.807, 2.05) is 24.3 Å². The molecule has 112 valence electrons. The maximum Gasteiger partial charge on any atom is 0.177 e. The Bertz CT molecular complexity index is 742. The number of para-hydroxylation sites is 1. The minimum atomic E-state index is -3.35. The Balaban J connectivity index is 2.34. The first-order valence-corrected chi connectivity index (χ1v) is 8.24. The van der Waals surface area contributed by atoms with Gasteiger partial charge in [0.15, 0.2) is 9.84 Å². The highest BCUT2D eigenvalue weighted by molar-refractivity contribution is 7.90. The van der Waals surface area contributed by atoms with E-state index in [9.17, 15) is 8.42 Å². The highest BCUT2D eigenvalue weighted by Gasteiger charge is 2.14. The van der Waals surface area contributed by atoms with Crippen molar-refractivity contribution in [1.82, 2.24) is 0 Å². The van der Waals surface area contributed by atoms with E-state index >= 15 is 0 Å². The zero-order valence-electron chi connectivity index (χ0n) is 12.0. The Morgan fingerprint density at radius 1 is 1.19 bits per heavy atom. The zero-order chi connectivity index (χ0) is 15.5. The Morgan fingerprint density at radius 3 is 2.57 bits per heavy atom. The fourth-order valence-electron chi connectivity index (χ4n) is 2.04. The number of nitrogen functional groups attached to an aromatic ring is 1. The molecular weight excluding hydrogens is 288 g/mol. The molecule has 0 aromatic heterocycles. The minimum absolute atomic E-state index is 0.126. The summed E-state index contributed by atoms with van der Waals surface area (Å²) in [4.78, 5) is 0.126. The van der Waals surface area contributed by atoms with E-state index in [1.54, 1.807) is 19.2 Å². The average molecular weight is 306 g/mol. The third-order valence-electron chi connectivity index (χ3n) is 2.98. The molecule has 21 heavy (non-hydrogen) atoms. The second-order valence-electron chi connectivity index (χ2n) is 4.75. The van der Waals surface area contributed by atoms with Crippen LogP contribution in [0.25, 0.3) is 0 Å². The maximum atomic E-state index is 11.7. The number of methoxy groups -OCH3 is 1. The first-order valence-electron chi connectivity index (χ1n) is 6.35. The van der Waals surface area contributed by atoms with Gasteiger partial charge >= 0.3 is 0 Å². The van der Waals surface area contributed by atoms with Gasteiger partial charge in [-0.2, -0.15) is 0 Å². The molecule has 0 atom stereocenters. The second kappa shape index (κ2) is 6.15. The highest BCUT2D eigenvalue weighted by atomic mass is 32.2. The number of hydrogen-bond donors (Lipinski definition) is 2. The summed E-state index contributed by atoms with van der Waals surface area (Å²) in [7, 11) is -1.72. The molecule has 2 aromatic carbocycles. The Labute approximate surface area is 124 Å². The molecule has 0 saturated heterocycles. The summed E-state index contributed by atoms with van der Waals surface area (Å²) in [6, 6.07) is 12.6. The SMILES string of the molecule is COCc1cccc(Nc2cccc(S(C)(=O)=O)c2N)c1. The van der Waals surface area contributed by atoms with Crippen LogP contribution in [0.15, 0.2) is 47.4 Å². The van der Waals surface area contributed by atoms with Gasteiger partial charge < -0.3 is 15.8 Å². The first-order chi connectivity index (χ1) is 9.91. The second-order valence-corrected chi connectivity index (χ2v) is 6.73. The van der Waals surface area contributed by atoms with Gasteiger partial charge in [-0.1, -0.05) is 18.2 Å². The third-order valence-corrected chi connectivity index (χ3v) is 4.14. The van der Waals surface area contributed by atoms with Crippen LogP contribution in [0.5, 0.6) is 0 Å². The van der Waals surface area contributed by atoms with E-state index in [1.165, 1.54) is 6.07 Å². The average Bonchev–Trinajstić information content (AvgIpc) is 2.41. The van der Waals surface area contributed by atoms with Crippen LogP contribution in [0.2, 0.25) is 0 Å². The summed E-state index contributed by atoms with van der Waals surface area (Å²) in [6.07, 6.45) is 1.14. The molecule has 0 aliphatic rings. The lowest BCUT2D eigenvalue weighted by atomic mass is 10.2. The number of hydrogen-bond acceptors (Lipinski definition) is 5. The number of anilines is 3. The van der Waals surface area contributed by atoms with E-state index < -0.39 is 9.84 Å². The molecule has 0 heterocycles. The molecule has 2 aromatic rings. The summed E-state index contributed by atoms with van der Waals surface area (Å²) in [5.41, 5.74) is 8.57. The van der Waals surface area contributed by atoms with Crippen LogP contribution >= 0.6 is 0 Å². The minimum Gasteiger partial charge on any atom is -0.396 e. The fraction of sp³-hybridized carbons (Fsp3) is 0.200. The van der Waals surface area contributed by atoms with Crippen LogP contribution in [-0.4, -0.2) is 21.8 Å². The number of ether oxygens (including phenoxy) is 1. The van der Waals surface area contributed by atoms with Crippen LogP contribution in [0.1, 0.15) is 5.56 Å². The summed E-state index contributed by atoms with van der Waals surface area (Å²) < 4.78 is 28.4. The van der Waals surface area contributed by atoms with E-state index in [0.717, 1.165) is 17.5 Å². The van der Waals surface area contributed by atoms with Crippen LogP contribution in [0.3, 0.4) is 0 Å². The van der Waals surface area contributed by atoms with Gasteiger partial charge in [-0.25, -0.2) is 8.42 Å². The van der Waals surface area contributed by atoms with Crippen molar-refractivity contribution in [2.24, 2.45) is 0 Å². The van der Waals surface area contributed by atoms with Crippen molar-refractivity contribution in [2.45, 2.75) is 11.5 Å². The third kappa shape index (κ3) is 3.74. The van der Waals surface area contributed by atoms with Crippen LogP contribution in [-0.2, 0) is 21.2 Å². The van der Waals surface area contributed by atoms with Crippen LogP contribution < -0.4 is 11.1 Å². The van der Waals surface area contributed by atoms with Crippen LogP contribution in [0, 0.1) is 0 Å². The van der Waals surface area contributed by atoms with Crippen molar-refractivity contribution in [2.75, 3.05) is 24.4 Å². The molecule has 0 amide bonds. The summed E-state index contributed by atoms with van der Waals surface area (Å²) in [5, 5.41) is 3.14. The molecule has 5 nitrogen and oxygen atoms in total. The number of nitrogens with one attached hydrogen (secondary N) is 1. The van der Waals surface area contributed by atoms with Gasteiger partial charge in [0.25, 0.3) is 0 Å². The molecule has 0 unspecified atom stereocenters. The molecule has 0 aliphatic heterocycles. The molecule has 0 bridgehead atoms. The summed E-state index contributed by atoms with van der Waals surface area (Å²) >= 11 is 0. The summed E-state index contributed by atoms with van der Waals surface area (Å²) in [5.74, 6) is 0. The monoisotopic (exact) mass is 306 g/mol. The predicted octanol–water partition coefficient (Wildman–Crippen LogP) is 2.56. The van der Waals surface area contributed by atoms with E-state index in [4.69, 9.17) is 10.5 Å². The lowest BCUT2D eigenvalue weighted by Gasteiger charge is -2.13. The van der Waals surface area contributed by atoms with E-state index in [0.29, 0.717) is 12.3 Å².